The first-order valence-corrected chi connectivity index (χ1v) is 9.46. The number of carboxylic acids is 1. The van der Waals surface area contributed by atoms with Crippen molar-refractivity contribution in [1.29, 1.82) is 0 Å². The molecule has 0 bridgehead atoms. The Bertz CT molecular complexity index is 705. The average molecular weight is 339 g/mol. The summed E-state index contributed by atoms with van der Waals surface area (Å²) in [5, 5.41) is 12.1. The van der Waals surface area contributed by atoms with Gasteiger partial charge in [-0.3, -0.25) is 4.79 Å². The number of carboxylic acid groups (broad SMARTS) is 1. The lowest BCUT2D eigenvalue weighted by Crippen LogP contribution is -2.56. The Morgan fingerprint density at radius 3 is 2.35 bits per heavy atom. The molecule has 0 aliphatic heterocycles. The van der Waals surface area contributed by atoms with Crippen LogP contribution >= 0.6 is 0 Å². The SMILES string of the molecule is CS(=O)(=O)c1ccccc1CC(=O)NC1(C(=O)O)CCCCC1. The molecule has 1 aliphatic carbocycles. The van der Waals surface area contributed by atoms with Crippen molar-refractivity contribution in [3.63, 3.8) is 0 Å². The van der Waals surface area contributed by atoms with E-state index in [1.165, 1.54) is 6.07 Å². The van der Waals surface area contributed by atoms with Crippen molar-refractivity contribution in [3.05, 3.63) is 29.8 Å². The van der Waals surface area contributed by atoms with Gasteiger partial charge in [0, 0.05) is 6.26 Å². The summed E-state index contributed by atoms with van der Waals surface area (Å²) in [7, 11) is -3.44. The Hall–Kier alpha value is -1.89. The summed E-state index contributed by atoms with van der Waals surface area (Å²) in [6, 6.07) is 6.28. The third-order valence-corrected chi connectivity index (χ3v) is 5.42. The minimum Gasteiger partial charge on any atom is -0.480 e. The van der Waals surface area contributed by atoms with Crippen LogP contribution in [0.1, 0.15) is 37.7 Å². The molecule has 0 heterocycles. The van der Waals surface area contributed by atoms with Gasteiger partial charge >= 0.3 is 5.97 Å². The third kappa shape index (κ3) is 4.10. The number of rotatable bonds is 5. The summed E-state index contributed by atoms with van der Waals surface area (Å²) < 4.78 is 23.5. The van der Waals surface area contributed by atoms with E-state index in [-0.39, 0.29) is 11.3 Å². The predicted octanol–water partition coefficient (Wildman–Crippen LogP) is 1.54. The summed E-state index contributed by atoms with van der Waals surface area (Å²) in [4.78, 5) is 24.0. The van der Waals surface area contributed by atoms with Gasteiger partial charge in [-0.2, -0.15) is 0 Å². The van der Waals surface area contributed by atoms with Gasteiger partial charge in [0.15, 0.2) is 9.84 Å². The molecular weight excluding hydrogens is 318 g/mol. The predicted molar refractivity (Wildman–Crippen MR) is 84.9 cm³/mol. The molecule has 0 atom stereocenters. The van der Waals surface area contributed by atoms with Gasteiger partial charge in [-0.05, 0) is 24.5 Å². The number of hydrogen-bond donors (Lipinski definition) is 2. The number of hydrogen-bond acceptors (Lipinski definition) is 4. The highest BCUT2D eigenvalue weighted by molar-refractivity contribution is 7.90. The lowest BCUT2D eigenvalue weighted by Gasteiger charge is -2.34. The molecule has 1 amide bonds. The van der Waals surface area contributed by atoms with E-state index in [0.29, 0.717) is 18.4 Å². The van der Waals surface area contributed by atoms with Crippen molar-refractivity contribution in [2.24, 2.45) is 0 Å². The highest BCUT2D eigenvalue weighted by atomic mass is 32.2. The van der Waals surface area contributed by atoms with Crippen molar-refractivity contribution >= 4 is 21.7 Å². The summed E-state index contributed by atoms with van der Waals surface area (Å²) in [5.41, 5.74) is -0.848. The highest BCUT2D eigenvalue weighted by Crippen LogP contribution is 2.28. The molecule has 2 rings (SSSR count). The number of nitrogens with one attached hydrogen (secondary N) is 1. The van der Waals surface area contributed by atoms with E-state index < -0.39 is 27.3 Å². The van der Waals surface area contributed by atoms with Gasteiger partial charge in [-0.15, -0.1) is 0 Å². The van der Waals surface area contributed by atoms with Gasteiger partial charge in [-0.1, -0.05) is 37.5 Å². The van der Waals surface area contributed by atoms with E-state index in [4.69, 9.17) is 0 Å². The molecule has 1 fully saturated rings. The normalized spacial score (nSPS) is 17.4. The van der Waals surface area contributed by atoms with Crippen LogP contribution in [-0.4, -0.2) is 37.2 Å². The fraction of sp³-hybridized carbons (Fsp3) is 0.500. The van der Waals surface area contributed by atoms with Crippen molar-refractivity contribution in [2.75, 3.05) is 6.26 Å². The van der Waals surface area contributed by atoms with E-state index in [9.17, 15) is 23.1 Å². The van der Waals surface area contributed by atoms with Crippen LogP contribution in [0, 0.1) is 0 Å². The van der Waals surface area contributed by atoms with E-state index in [0.717, 1.165) is 25.5 Å². The van der Waals surface area contributed by atoms with Crippen LogP contribution in [0.2, 0.25) is 0 Å². The maximum atomic E-state index is 12.3. The van der Waals surface area contributed by atoms with Crippen molar-refractivity contribution < 1.29 is 23.1 Å². The molecule has 2 N–H and O–H groups in total. The Kier molecular flexibility index (Phi) is 5.09. The fourth-order valence-electron chi connectivity index (χ4n) is 3.04. The van der Waals surface area contributed by atoms with Gasteiger partial charge in [0.25, 0.3) is 0 Å². The molecule has 1 saturated carbocycles. The highest BCUT2D eigenvalue weighted by Gasteiger charge is 2.40. The molecule has 0 unspecified atom stereocenters. The Labute approximate surface area is 135 Å². The lowest BCUT2D eigenvalue weighted by atomic mass is 9.81. The molecule has 1 aromatic rings. The summed E-state index contributed by atoms with van der Waals surface area (Å²) in [5.74, 6) is -1.49. The molecule has 0 spiro atoms. The molecule has 0 aromatic heterocycles. The largest absolute Gasteiger partial charge is 0.480 e. The van der Waals surface area contributed by atoms with Gasteiger partial charge in [0.1, 0.15) is 5.54 Å². The van der Waals surface area contributed by atoms with E-state index in [1.807, 2.05) is 0 Å². The minimum absolute atomic E-state index is 0.100. The van der Waals surface area contributed by atoms with Crippen LogP contribution in [-0.2, 0) is 25.8 Å². The molecule has 126 valence electrons. The van der Waals surface area contributed by atoms with E-state index in [2.05, 4.69) is 5.32 Å². The van der Waals surface area contributed by atoms with E-state index in [1.54, 1.807) is 18.2 Å². The zero-order valence-corrected chi connectivity index (χ0v) is 13.9. The molecule has 1 aromatic carbocycles. The number of aliphatic carboxylic acids is 1. The average Bonchev–Trinajstić information content (AvgIpc) is 2.47. The van der Waals surface area contributed by atoms with Gasteiger partial charge in [-0.25, -0.2) is 13.2 Å². The summed E-state index contributed by atoms with van der Waals surface area (Å²) in [6.07, 6.45) is 4.21. The molecule has 7 heteroatoms. The van der Waals surface area contributed by atoms with Crippen LogP contribution in [0.15, 0.2) is 29.2 Å². The van der Waals surface area contributed by atoms with Crippen LogP contribution in [0.3, 0.4) is 0 Å². The monoisotopic (exact) mass is 339 g/mol. The molecule has 0 saturated heterocycles. The third-order valence-electron chi connectivity index (χ3n) is 4.22. The molecule has 6 nitrogen and oxygen atoms in total. The van der Waals surface area contributed by atoms with Crippen LogP contribution in [0.4, 0.5) is 0 Å². The first kappa shape index (κ1) is 17.5. The number of carbonyl (C=O) groups is 2. The molecule has 0 radical (unpaired) electrons. The Morgan fingerprint density at radius 2 is 1.78 bits per heavy atom. The number of benzene rings is 1. The van der Waals surface area contributed by atoms with Crippen LogP contribution in [0.25, 0.3) is 0 Å². The van der Waals surface area contributed by atoms with Crippen molar-refractivity contribution in [2.45, 2.75) is 49.0 Å². The van der Waals surface area contributed by atoms with Crippen LogP contribution < -0.4 is 5.32 Å². The molecule has 1 aliphatic rings. The smallest absolute Gasteiger partial charge is 0.329 e. The second-order valence-electron chi connectivity index (χ2n) is 6.05. The van der Waals surface area contributed by atoms with Gasteiger partial charge in [0.2, 0.25) is 5.91 Å². The Morgan fingerprint density at radius 1 is 1.17 bits per heavy atom. The first-order chi connectivity index (χ1) is 10.7. The zero-order chi connectivity index (χ0) is 17.1. The van der Waals surface area contributed by atoms with E-state index >= 15 is 0 Å². The fourth-order valence-corrected chi connectivity index (χ4v) is 3.99. The van der Waals surface area contributed by atoms with Crippen molar-refractivity contribution in [1.82, 2.24) is 5.32 Å². The number of carbonyl (C=O) groups excluding carboxylic acids is 1. The first-order valence-electron chi connectivity index (χ1n) is 7.57. The summed E-state index contributed by atoms with van der Waals surface area (Å²) in [6.45, 7) is 0. The van der Waals surface area contributed by atoms with Gasteiger partial charge in [0.05, 0.1) is 11.3 Å². The van der Waals surface area contributed by atoms with Crippen LogP contribution in [0.5, 0.6) is 0 Å². The summed E-state index contributed by atoms with van der Waals surface area (Å²) >= 11 is 0. The number of sulfone groups is 1. The zero-order valence-electron chi connectivity index (χ0n) is 13.0. The second-order valence-corrected chi connectivity index (χ2v) is 8.04. The quantitative estimate of drug-likeness (QED) is 0.847. The minimum atomic E-state index is -3.44. The Balaban J connectivity index is 2.18. The molecular formula is C16H21NO5S. The second kappa shape index (κ2) is 6.70. The topological polar surface area (TPSA) is 101 Å². The lowest BCUT2D eigenvalue weighted by molar-refractivity contribution is -0.149. The maximum Gasteiger partial charge on any atom is 0.329 e. The molecule has 23 heavy (non-hydrogen) atoms. The van der Waals surface area contributed by atoms with Crippen molar-refractivity contribution in [3.8, 4) is 0 Å². The standard InChI is InChI=1S/C16H21NO5S/c1-23(21,22)13-8-4-3-7-12(13)11-14(18)17-16(15(19)20)9-5-2-6-10-16/h3-4,7-8H,2,5-6,9-11H2,1H3,(H,17,18)(H,19,20). The van der Waals surface area contributed by atoms with Gasteiger partial charge < -0.3 is 10.4 Å². The maximum absolute atomic E-state index is 12.3. The number of amides is 1.